The highest BCUT2D eigenvalue weighted by Crippen LogP contribution is 2.38. The summed E-state index contributed by atoms with van der Waals surface area (Å²) >= 11 is 1.47. The monoisotopic (exact) mass is 442 g/mol. The number of thioether (sulfide) groups is 1. The van der Waals surface area contributed by atoms with Gasteiger partial charge in [0.15, 0.2) is 17.3 Å². The van der Waals surface area contributed by atoms with Crippen molar-refractivity contribution in [2.24, 2.45) is 0 Å². The zero-order valence-corrected chi connectivity index (χ0v) is 17.8. The second kappa shape index (κ2) is 10.1. The lowest BCUT2D eigenvalue weighted by Crippen LogP contribution is -2.14. The van der Waals surface area contributed by atoms with Crippen molar-refractivity contribution in [3.63, 3.8) is 0 Å². The van der Waals surface area contributed by atoms with Crippen LogP contribution in [0.5, 0.6) is 17.2 Å². The number of carbonyl (C=O) groups excluding carboxylic acids is 1. The van der Waals surface area contributed by atoms with Crippen molar-refractivity contribution in [2.75, 3.05) is 14.2 Å². The Hall–Kier alpha value is -3.39. The van der Waals surface area contributed by atoms with Gasteiger partial charge in [-0.3, -0.25) is 9.59 Å². The number of hydrogen-bond donors (Lipinski definition) is 2. The number of esters is 1. The third kappa shape index (κ3) is 5.40. The van der Waals surface area contributed by atoms with Crippen LogP contribution in [-0.2, 0) is 15.3 Å². The fraction of sp³-hybridized carbons (Fsp3) is 0.217. The summed E-state index contributed by atoms with van der Waals surface area (Å²) in [6.45, 7) is 0. The molecule has 162 valence electrons. The molecule has 1 aromatic heterocycles. The van der Waals surface area contributed by atoms with Crippen molar-refractivity contribution in [3.8, 4) is 17.2 Å². The van der Waals surface area contributed by atoms with Gasteiger partial charge in [-0.2, -0.15) is 0 Å². The Kier molecular flexibility index (Phi) is 7.25. The highest BCUT2D eigenvalue weighted by Gasteiger charge is 2.27. The summed E-state index contributed by atoms with van der Waals surface area (Å²) in [4.78, 5) is 25.5. The third-order valence-electron chi connectivity index (χ3n) is 4.65. The molecule has 0 aliphatic heterocycles. The molecule has 0 fully saturated rings. The van der Waals surface area contributed by atoms with Crippen LogP contribution in [0.1, 0.15) is 29.4 Å². The zero-order valence-electron chi connectivity index (χ0n) is 17.0. The lowest BCUT2D eigenvalue weighted by Gasteiger charge is -2.18. The molecule has 31 heavy (non-hydrogen) atoms. The first-order valence-corrected chi connectivity index (χ1v) is 10.4. The first-order valence-electron chi connectivity index (χ1n) is 9.40. The van der Waals surface area contributed by atoms with E-state index in [-0.39, 0.29) is 23.7 Å². The third-order valence-corrected chi connectivity index (χ3v) is 5.68. The number of phenolic OH excluding ortho intramolecular Hbond substituents is 1. The maximum atomic E-state index is 12.4. The minimum absolute atomic E-state index is 0.0469. The van der Waals surface area contributed by atoms with E-state index in [1.54, 1.807) is 6.07 Å². The molecule has 0 aliphatic rings. The fourth-order valence-corrected chi connectivity index (χ4v) is 3.86. The molecule has 8 heteroatoms. The van der Waals surface area contributed by atoms with Crippen LogP contribution in [-0.4, -0.2) is 30.4 Å². The Bertz CT molecular complexity index is 1110. The van der Waals surface area contributed by atoms with Crippen LogP contribution in [0.15, 0.2) is 68.7 Å². The number of rotatable bonds is 8. The van der Waals surface area contributed by atoms with Crippen LogP contribution >= 0.6 is 11.8 Å². The highest BCUT2D eigenvalue weighted by atomic mass is 32.2. The summed E-state index contributed by atoms with van der Waals surface area (Å²) in [5.41, 5.74) is -0.100. The average molecular weight is 442 g/mol. The largest absolute Gasteiger partial charge is 0.504 e. The first-order chi connectivity index (χ1) is 14.9. The molecule has 0 saturated heterocycles. The Morgan fingerprint density at radius 1 is 1.10 bits per heavy atom. The molecule has 0 amide bonds. The van der Waals surface area contributed by atoms with Crippen LogP contribution in [0.4, 0.5) is 0 Å². The van der Waals surface area contributed by atoms with Crippen molar-refractivity contribution >= 4 is 17.7 Å². The van der Waals surface area contributed by atoms with E-state index in [1.807, 2.05) is 30.3 Å². The zero-order chi connectivity index (χ0) is 22.4. The molecule has 0 spiro atoms. The minimum atomic E-state index is -0.823. The molecular weight excluding hydrogens is 420 g/mol. The predicted octanol–water partition coefficient (Wildman–Crippen LogP) is 4.05. The maximum absolute atomic E-state index is 12.4. The molecule has 3 rings (SSSR count). The van der Waals surface area contributed by atoms with E-state index in [9.17, 15) is 19.8 Å². The van der Waals surface area contributed by atoms with E-state index in [0.29, 0.717) is 17.1 Å². The van der Waals surface area contributed by atoms with Gasteiger partial charge >= 0.3 is 5.97 Å². The van der Waals surface area contributed by atoms with Gasteiger partial charge in [-0.25, -0.2) is 0 Å². The van der Waals surface area contributed by atoms with Crippen molar-refractivity contribution in [1.82, 2.24) is 0 Å². The Morgan fingerprint density at radius 3 is 2.52 bits per heavy atom. The molecule has 3 aromatic rings. The fourth-order valence-electron chi connectivity index (χ4n) is 3.06. The van der Waals surface area contributed by atoms with Gasteiger partial charge < -0.3 is 24.1 Å². The summed E-state index contributed by atoms with van der Waals surface area (Å²) in [6, 6.07) is 15.3. The lowest BCUT2D eigenvalue weighted by molar-refractivity contribution is -0.140. The molecule has 2 aromatic carbocycles. The number of carbonyl (C=O) groups is 1. The van der Waals surface area contributed by atoms with Crippen LogP contribution < -0.4 is 10.2 Å². The lowest BCUT2D eigenvalue weighted by atomic mass is 9.92. The topological polar surface area (TPSA) is 106 Å². The van der Waals surface area contributed by atoms with Gasteiger partial charge in [0.2, 0.25) is 11.2 Å². The van der Waals surface area contributed by atoms with Crippen LogP contribution in [0.2, 0.25) is 0 Å². The predicted molar refractivity (Wildman–Crippen MR) is 116 cm³/mol. The summed E-state index contributed by atoms with van der Waals surface area (Å²) in [7, 11) is 2.65. The second-order valence-corrected chi connectivity index (χ2v) is 7.70. The van der Waals surface area contributed by atoms with Crippen molar-refractivity contribution in [2.45, 2.75) is 23.0 Å². The van der Waals surface area contributed by atoms with E-state index in [4.69, 9.17) is 13.9 Å². The molecule has 0 aliphatic carbocycles. The maximum Gasteiger partial charge on any atom is 0.306 e. The number of benzene rings is 2. The molecule has 7 nitrogen and oxygen atoms in total. The summed E-state index contributed by atoms with van der Waals surface area (Å²) in [5, 5.41) is 20.4. The van der Waals surface area contributed by atoms with Gasteiger partial charge in [0, 0.05) is 11.0 Å². The second-order valence-electron chi connectivity index (χ2n) is 6.66. The molecule has 1 heterocycles. The number of hydrogen-bond acceptors (Lipinski definition) is 8. The Labute approximate surface area is 183 Å². The molecule has 0 bridgehead atoms. The summed E-state index contributed by atoms with van der Waals surface area (Å²) in [5.74, 6) is -1.18. The number of methoxy groups -OCH3 is 2. The number of ether oxygens (including phenoxy) is 2. The minimum Gasteiger partial charge on any atom is -0.504 e. The number of aromatic hydroxyl groups is 2. The average Bonchev–Trinajstić information content (AvgIpc) is 2.79. The van der Waals surface area contributed by atoms with Gasteiger partial charge in [-0.1, -0.05) is 24.3 Å². The van der Waals surface area contributed by atoms with Crippen LogP contribution in [0.25, 0.3) is 0 Å². The first kappa shape index (κ1) is 22.3. The van der Waals surface area contributed by atoms with Gasteiger partial charge in [0.1, 0.15) is 5.76 Å². The van der Waals surface area contributed by atoms with E-state index in [0.717, 1.165) is 4.90 Å². The van der Waals surface area contributed by atoms with Gasteiger partial charge in [0.05, 0.1) is 32.3 Å². The van der Waals surface area contributed by atoms with E-state index in [2.05, 4.69) is 0 Å². The van der Waals surface area contributed by atoms with Gasteiger partial charge in [0.25, 0.3) is 0 Å². The van der Waals surface area contributed by atoms with Crippen LogP contribution in [0.3, 0.4) is 0 Å². The highest BCUT2D eigenvalue weighted by molar-refractivity contribution is 7.98. The van der Waals surface area contributed by atoms with Gasteiger partial charge in [-0.15, -0.1) is 11.8 Å². The van der Waals surface area contributed by atoms with E-state index < -0.39 is 23.1 Å². The van der Waals surface area contributed by atoms with Crippen LogP contribution in [0, 0.1) is 0 Å². The normalized spacial score (nSPS) is 11.7. The molecule has 0 unspecified atom stereocenters. The quantitative estimate of drug-likeness (QED) is 0.398. The van der Waals surface area contributed by atoms with Crippen molar-refractivity contribution < 1.29 is 28.9 Å². The van der Waals surface area contributed by atoms with E-state index >= 15 is 0 Å². The molecule has 2 N–H and O–H groups in total. The molecular formula is C23H22O7S. The van der Waals surface area contributed by atoms with Gasteiger partial charge in [-0.05, 0) is 29.8 Å². The number of phenols is 1. The smallest absolute Gasteiger partial charge is 0.306 e. The molecule has 0 saturated carbocycles. The molecule has 1 atom stereocenters. The van der Waals surface area contributed by atoms with E-state index in [1.165, 1.54) is 44.2 Å². The summed E-state index contributed by atoms with van der Waals surface area (Å²) in [6.07, 6.45) is -0.184. The molecule has 0 radical (unpaired) electrons. The summed E-state index contributed by atoms with van der Waals surface area (Å²) < 4.78 is 15.8. The van der Waals surface area contributed by atoms with Crippen molar-refractivity contribution in [1.29, 1.82) is 0 Å². The van der Waals surface area contributed by atoms with Crippen molar-refractivity contribution in [3.05, 3.63) is 81.9 Å². The Morgan fingerprint density at radius 2 is 1.84 bits per heavy atom. The SMILES string of the molecule is COC(=O)C[C@@H](c1ccc(O)c(OC)c1)c1oc(CSc2ccccc2)cc(=O)c1O. The Balaban J connectivity index is 2.02. The standard InChI is InChI=1S/C23H22O7S/c1-28-20-10-14(8-9-18(20)24)17(12-21(26)29-2)23-22(27)19(25)11-15(30-23)13-31-16-6-4-3-5-7-16/h3-11,17,24,27H,12-13H2,1-2H3/t17-/m0/s1.